The minimum Gasteiger partial charge on any atom is -0.314 e. The molecule has 3 rings (SSSR count). The van der Waals surface area contributed by atoms with Gasteiger partial charge in [-0.15, -0.1) is 0 Å². The fourth-order valence-corrected chi connectivity index (χ4v) is 3.35. The van der Waals surface area contributed by atoms with E-state index in [1.165, 1.54) is 18.2 Å². The van der Waals surface area contributed by atoms with Crippen LogP contribution < -0.4 is 5.32 Å². The van der Waals surface area contributed by atoms with E-state index in [-0.39, 0.29) is 16.9 Å². The summed E-state index contributed by atoms with van der Waals surface area (Å²) in [7, 11) is 0. The highest BCUT2D eigenvalue weighted by atomic mass is 35.5. The van der Waals surface area contributed by atoms with Crippen LogP contribution >= 0.6 is 11.6 Å². The minimum atomic E-state index is -4.52. The number of hydrogen-bond donors (Lipinski definition) is 1. The average molecular weight is 373 g/mol. The highest BCUT2D eigenvalue weighted by Gasteiger charge is 2.34. The van der Waals surface area contributed by atoms with Gasteiger partial charge in [-0.25, -0.2) is 4.39 Å². The van der Waals surface area contributed by atoms with Gasteiger partial charge in [0, 0.05) is 26.2 Å². The van der Waals surface area contributed by atoms with E-state index in [0.717, 1.165) is 24.7 Å². The van der Waals surface area contributed by atoms with E-state index in [2.05, 4.69) is 10.2 Å². The molecule has 0 aliphatic carbocycles. The molecule has 1 N–H and O–H groups in total. The van der Waals surface area contributed by atoms with E-state index in [0.29, 0.717) is 18.7 Å². The molecule has 2 nitrogen and oxygen atoms in total. The zero-order valence-corrected chi connectivity index (χ0v) is 14.0. The van der Waals surface area contributed by atoms with Gasteiger partial charge in [0.15, 0.2) is 0 Å². The Labute approximate surface area is 148 Å². The Hall–Kier alpha value is -1.63. The largest absolute Gasteiger partial charge is 0.417 e. The summed E-state index contributed by atoms with van der Waals surface area (Å²) in [5, 5.41) is 2.90. The highest BCUT2D eigenvalue weighted by Crippen LogP contribution is 2.38. The first-order valence-corrected chi connectivity index (χ1v) is 8.31. The molecular weight excluding hydrogens is 356 g/mol. The number of rotatable bonds is 3. The van der Waals surface area contributed by atoms with E-state index in [1.807, 2.05) is 0 Å². The second kappa shape index (κ2) is 7.32. The van der Waals surface area contributed by atoms with Crippen molar-refractivity contribution in [1.82, 2.24) is 10.2 Å². The van der Waals surface area contributed by atoms with Gasteiger partial charge in [-0.05, 0) is 35.4 Å². The smallest absolute Gasteiger partial charge is 0.314 e. The Morgan fingerprint density at radius 2 is 1.56 bits per heavy atom. The van der Waals surface area contributed by atoms with Crippen molar-refractivity contribution in [2.75, 3.05) is 26.2 Å². The van der Waals surface area contributed by atoms with Crippen molar-refractivity contribution in [2.45, 2.75) is 12.2 Å². The first-order chi connectivity index (χ1) is 11.9. The van der Waals surface area contributed by atoms with E-state index in [4.69, 9.17) is 11.6 Å². The number of alkyl halides is 3. The first-order valence-electron chi connectivity index (χ1n) is 7.93. The van der Waals surface area contributed by atoms with Crippen LogP contribution in [0.4, 0.5) is 17.6 Å². The first kappa shape index (κ1) is 18.2. The van der Waals surface area contributed by atoms with Crippen molar-refractivity contribution in [3.05, 3.63) is 70.0 Å². The van der Waals surface area contributed by atoms with Crippen molar-refractivity contribution >= 4 is 11.6 Å². The van der Waals surface area contributed by atoms with Crippen LogP contribution in [-0.2, 0) is 6.18 Å². The number of nitrogens with one attached hydrogen (secondary N) is 1. The summed E-state index contributed by atoms with van der Waals surface area (Å²) in [4.78, 5) is 2.09. The second-order valence-electron chi connectivity index (χ2n) is 5.98. The van der Waals surface area contributed by atoms with Crippen molar-refractivity contribution in [3.8, 4) is 0 Å². The summed E-state index contributed by atoms with van der Waals surface area (Å²) in [5.41, 5.74) is 0.387. The van der Waals surface area contributed by atoms with Crippen LogP contribution in [0.25, 0.3) is 0 Å². The van der Waals surface area contributed by atoms with Gasteiger partial charge >= 0.3 is 6.18 Å². The molecule has 134 valence electrons. The van der Waals surface area contributed by atoms with Crippen LogP contribution in [0.15, 0.2) is 42.5 Å². The van der Waals surface area contributed by atoms with Gasteiger partial charge in [0.2, 0.25) is 0 Å². The maximum atomic E-state index is 13.3. The van der Waals surface area contributed by atoms with Crippen LogP contribution in [-0.4, -0.2) is 31.1 Å². The standard InChI is InChI=1S/C18H17ClF4N2/c19-16-6-3-13(11-15(16)18(21,22)23)17(25-9-7-24-8-10-25)12-1-4-14(20)5-2-12/h1-6,11,17,24H,7-10H2. The lowest BCUT2D eigenvalue weighted by Crippen LogP contribution is -2.45. The summed E-state index contributed by atoms with van der Waals surface area (Å²) < 4.78 is 53.0. The van der Waals surface area contributed by atoms with Gasteiger partial charge in [-0.2, -0.15) is 13.2 Å². The predicted molar refractivity (Wildman–Crippen MR) is 89.1 cm³/mol. The molecule has 25 heavy (non-hydrogen) atoms. The fourth-order valence-electron chi connectivity index (χ4n) is 3.13. The van der Waals surface area contributed by atoms with E-state index in [9.17, 15) is 17.6 Å². The molecule has 1 unspecified atom stereocenters. The summed E-state index contributed by atoms with van der Waals surface area (Å²) in [6.45, 7) is 2.87. The van der Waals surface area contributed by atoms with Crippen LogP contribution in [0.3, 0.4) is 0 Å². The Balaban J connectivity index is 2.06. The SMILES string of the molecule is Fc1ccc(C(c2ccc(Cl)c(C(F)(F)F)c2)N2CCNCC2)cc1. The van der Waals surface area contributed by atoms with Crippen molar-refractivity contribution in [2.24, 2.45) is 0 Å². The molecule has 2 aromatic rings. The fraction of sp³-hybridized carbons (Fsp3) is 0.333. The topological polar surface area (TPSA) is 15.3 Å². The van der Waals surface area contributed by atoms with Gasteiger partial charge < -0.3 is 5.32 Å². The van der Waals surface area contributed by atoms with Crippen LogP contribution in [0, 0.1) is 5.82 Å². The monoisotopic (exact) mass is 372 g/mol. The zero-order chi connectivity index (χ0) is 18.0. The quantitative estimate of drug-likeness (QED) is 0.798. The third-order valence-corrected chi connectivity index (χ3v) is 4.64. The Morgan fingerprint density at radius 3 is 2.16 bits per heavy atom. The molecule has 1 aliphatic rings. The third kappa shape index (κ3) is 4.14. The lowest BCUT2D eigenvalue weighted by atomic mass is 9.95. The number of halogens is 5. The van der Waals surface area contributed by atoms with E-state index < -0.39 is 11.7 Å². The summed E-state index contributed by atoms with van der Waals surface area (Å²) in [6, 6.07) is 9.47. The second-order valence-corrected chi connectivity index (χ2v) is 6.38. The van der Waals surface area contributed by atoms with Gasteiger partial charge in [-0.1, -0.05) is 29.8 Å². The maximum absolute atomic E-state index is 13.3. The van der Waals surface area contributed by atoms with Crippen molar-refractivity contribution in [3.63, 3.8) is 0 Å². The molecule has 1 atom stereocenters. The number of benzene rings is 2. The number of nitrogens with zero attached hydrogens (tertiary/aromatic N) is 1. The Morgan fingerprint density at radius 1 is 0.960 bits per heavy atom. The molecule has 0 radical (unpaired) electrons. The van der Waals surface area contributed by atoms with Crippen LogP contribution in [0.5, 0.6) is 0 Å². The lowest BCUT2D eigenvalue weighted by Gasteiger charge is -2.36. The highest BCUT2D eigenvalue weighted by molar-refractivity contribution is 6.31. The van der Waals surface area contributed by atoms with Crippen LogP contribution in [0.1, 0.15) is 22.7 Å². The summed E-state index contributed by atoms with van der Waals surface area (Å²) in [6.07, 6.45) is -4.52. The Bertz CT molecular complexity index is 725. The summed E-state index contributed by atoms with van der Waals surface area (Å²) in [5.74, 6) is -0.380. The van der Waals surface area contributed by atoms with Crippen molar-refractivity contribution in [1.29, 1.82) is 0 Å². The molecule has 1 heterocycles. The van der Waals surface area contributed by atoms with Crippen molar-refractivity contribution < 1.29 is 17.6 Å². The third-order valence-electron chi connectivity index (χ3n) is 4.31. The van der Waals surface area contributed by atoms with E-state index in [1.54, 1.807) is 18.2 Å². The van der Waals surface area contributed by atoms with Crippen LogP contribution in [0.2, 0.25) is 5.02 Å². The molecular formula is C18H17ClF4N2. The van der Waals surface area contributed by atoms with Gasteiger partial charge in [-0.3, -0.25) is 4.90 Å². The summed E-state index contributed by atoms with van der Waals surface area (Å²) >= 11 is 5.74. The maximum Gasteiger partial charge on any atom is 0.417 e. The lowest BCUT2D eigenvalue weighted by molar-refractivity contribution is -0.137. The molecule has 7 heteroatoms. The van der Waals surface area contributed by atoms with E-state index >= 15 is 0 Å². The molecule has 2 aromatic carbocycles. The number of hydrogen-bond acceptors (Lipinski definition) is 2. The van der Waals surface area contributed by atoms with Gasteiger partial charge in [0.25, 0.3) is 0 Å². The van der Waals surface area contributed by atoms with Gasteiger partial charge in [0.1, 0.15) is 5.82 Å². The average Bonchev–Trinajstić information content (AvgIpc) is 2.58. The van der Waals surface area contributed by atoms with Gasteiger partial charge in [0.05, 0.1) is 16.6 Å². The molecule has 0 aromatic heterocycles. The molecule has 1 aliphatic heterocycles. The Kier molecular flexibility index (Phi) is 5.32. The molecule has 0 bridgehead atoms. The molecule has 0 spiro atoms. The molecule has 0 saturated carbocycles. The normalized spacial score (nSPS) is 17.5. The zero-order valence-electron chi connectivity index (χ0n) is 13.3. The minimum absolute atomic E-state index is 0.325. The molecule has 1 saturated heterocycles. The molecule has 0 amide bonds. The molecule has 1 fully saturated rings. The number of piperazine rings is 1. The predicted octanol–water partition coefficient (Wildman–Crippen LogP) is 4.49.